The van der Waals surface area contributed by atoms with Gasteiger partial charge in [-0.15, -0.1) is 0 Å². The molecule has 0 heterocycles. The van der Waals surface area contributed by atoms with Crippen LogP contribution in [0.15, 0.2) is 48.6 Å². The first kappa shape index (κ1) is 13.9. The van der Waals surface area contributed by atoms with Crippen molar-refractivity contribution in [3.05, 3.63) is 48.6 Å². The van der Waals surface area contributed by atoms with Gasteiger partial charge in [-0.1, -0.05) is 48.6 Å². The van der Waals surface area contributed by atoms with Crippen molar-refractivity contribution in [2.24, 2.45) is 35.5 Å². The van der Waals surface area contributed by atoms with Crippen LogP contribution in [0.2, 0.25) is 0 Å². The van der Waals surface area contributed by atoms with E-state index in [-0.39, 0.29) is 0 Å². The van der Waals surface area contributed by atoms with Crippen molar-refractivity contribution in [2.45, 2.75) is 39.5 Å². The fourth-order valence-corrected chi connectivity index (χ4v) is 4.69. The SMILES string of the molecule is C=C(C)C1CC2C=CC1C2.C=C(C)C1CC2C=CC1C2. The zero-order valence-electron chi connectivity index (χ0n) is 13.0. The molecule has 0 aromatic heterocycles. The molecule has 2 fully saturated rings. The zero-order chi connectivity index (χ0) is 14.3. The normalized spacial score (nSPS) is 42.7. The molecule has 0 aliphatic heterocycles. The van der Waals surface area contributed by atoms with E-state index in [0.717, 1.165) is 35.5 Å². The molecule has 0 nitrogen and oxygen atoms in total. The second-order valence-electron chi connectivity index (χ2n) is 7.47. The molecule has 4 rings (SSSR count). The number of rotatable bonds is 2. The van der Waals surface area contributed by atoms with Gasteiger partial charge in [0, 0.05) is 0 Å². The van der Waals surface area contributed by atoms with E-state index in [1.165, 1.54) is 36.8 Å². The first-order valence-corrected chi connectivity index (χ1v) is 8.22. The molecule has 4 aliphatic carbocycles. The number of allylic oxidation sites excluding steroid dienone is 6. The molecule has 0 radical (unpaired) electrons. The topological polar surface area (TPSA) is 0 Å². The highest BCUT2D eigenvalue weighted by molar-refractivity contribution is 5.18. The molecule has 0 saturated heterocycles. The number of hydrogen-bond acceptors (Lipinski definition) is 0. The van der Waals surface area contributed by atoms with Gasteiger partial charge < -0.3 is 0 Å². The van der Waals surface area contributed by atoms with Crippen molar-refractivity contribution in [3.8, 4) is 0 Å². The van der Waals surface area contributed by atoms with Crippen LogP contribution < -0.4 is 0 Å². The third-order valence-electron chi connectivity index (χ3n) is 5.82. The van der Waals surface area contributed by atoms with Crippen molar-refractivity contribution in [1.29, 1.82) is 0 Å². The van der Waals surface area contributed by atoms with Gasteiger partial charge in [0.1, 0.15) is 0 Å². The Bertz CT molecular complexity index is 420. The lowest BCUT2D eigenvalue weighted by Gasteiger charge is -2.17. The van der Waals surface area contributed by atoms with Crippen molar-refractivity contribution in [3.63, 3.8) is 0 Å². The van der Waals surface area contributed by atoms with E-state index >= 15 is 0 Å². The fraction of sp³-hybridized carbons (Fsp3) is 0.600. The Labute approximate surface area is 124 Å². The summed E-state index contributed by atoms with van der Waals surface area (Å²) in [7, 11) is 0. The van der Waals surface area contributed by atoms with Gasteiger partial charge in [-0.2, -0.15) is 0 Å². The third-order valence-corrected chi connectivity index (χ3v) is 5.82. The minimum Gasteiger partial charge on any atom is -0.0998 e. The predicted octanol–water partition coefficient (Wildman–Crippen LogP) is 5.55. The summed E-state index contributed by atoms with van der Waals surface area (Å²) in [5.41, 5.74) is 2.77. The van der Waals surface area contributed by atoms with Crippen molar-refractivity contribution >= 4 is 0 Å². The molecule has 0 N–H and O–H groups in total. The molecule has 0 aromatic carbocycles. The highest BCUT2D eigenvalue weighted by atomic mass is 14.4. The van der Waals surface area contributed by atoms with Gasteiger partial charge in [0.2, 0.25) is 0 Å². The van der Waals surface area contributed by atoms with Gasteiger partial charge in [-0.25, -0.2) is 0 Å². The molecule has 6 unspecified atom stereocenters. The minimum absolute atomic E-state index is 0.815. The van der Waals surface area contributed by atoms with Gasteiger partial charge in [0.15, 0.2) is 0 Å². The van der Waals surface area contributed by atoms with Crippen LogP contribution in [0.4, 0.5) is 0 Å². The lowest BCUT2D eigenvalue weighted by molar-refractivity contribution is 0.521. The summed E-state index contributed by atoms with van der Waals surface area (Å²) in [6, 6.07) is 0. The lowest BCUT2D eigenvalue weighted by atomic mass is 9.88. The third kappa shape index (κ3) is 2.57. The summed E-state index contributed by atoms with van der Waals surface area (Å²) in [5.74, 6) is 5.12. The van der Waals surface area contributed by atoms with Gasteiger partial charge in [-0.05, 0) is 75.0 Å². The highest BCUT2D eigenvalue weighted by Crippen LogP contribution is 2.46. The van der Waals surface area contributed by atoms with Crippen molar-refractivity contribution in [1.82, 2.24) is 0 Å². The number of hydrogen-bond donors (Lipinski definition) is 0. The van der Waals surface area contributed by atoms with Crippen LogP contribution >= 0.6 is 0 Å². The van der Waals surface area contributed by atoms with Crippen LogP contribution in [0.1, 0.15) is 39.5 Å². The molecule has 4 bridgehead atoms. The molecule has 4 aliphatic rings. The molecular formula is C20H28. The monoisotopic (exact) mass is 268 g/mol. The molecule has 20 heavy (non-hydrogen) atoms. The van der Waals surface area contributed by atoms with E-state index in [4.69, 9.17) is 0 Å². The van der Waals surface area contributed by atoms with Crippen molar-refractivity contribution < 1.29 is 0 Å². The summed E-state index contributed by atoms with van der Waals surface area (Å²) in [6.07, 6.45) is 15.1. The largest absolute Gasteiger partial charge is 0.0998 e. The Kier molecular flexibility index (Phi) is 3.75. The van der Waals surface area contributed by atoms with Gasteiger partial charge in [0.05, 0.1) is 0 Å². The standard InChI is InChI=1S/2C10H14/c2*1-7(2)10-6-8-3-4-9(10)5-8/h2*3-4,8-10H,1,5-6H2,2H3. The molecule has 0 heteroatoms. The molecule has 0 spiro atoms. The van der Waals surface area contributed by atoms with Crippen LogP contribution in [0.25, 0.3) is 0 Å². The van der Waals surface area contributed by atoms with E-state index in [0.29, 0.717) is 0 Å². The van der Waals surface area contributed by atoms with Crippen LogP contribution in [0, 0.1) is 35.5 Å². The van der Waals surface area contributed by atoms with Crippen LogP contribution in [0.3, 0.4) is 0 Å². The zero-order valence-corrected chi connectivity index (χ0v) is 13.0. The van der Waals surface area contributed by atoms with E-state index in [1.54, 1.807) is 0 Å². The van der Waals surface area contributed by atoms with Gasteiger partial charge in [-0.3, -0.25) is 0 Å². The average Bonchev–Trinajstić information content (AvgIpc) is 3.18. The lowest BCUT2D eigenvalue weighted by Crippen LogP contribution is -2.06. The first-order valence-electron chi connectivity index (χ1n) is 8.22. The summed E-state index contributed by atoms with van der Waals surface area (Å²) in [5, 5.41) is 0. The molecule has 6 atom stereocenters. The predicted molar refractivity (Wildman–Crippen MR) is 87.3 cm³/mol. The summed E-state index contributed by atoms with van der Waals surface area (Å²) in [6.45, 7) is 12.4. The second-order valence-corrected chi connectivity index (χ2v) is 7.47. The van der Waals surface area contributed by atoms with Crippen LogP contribution in [0.5, 0.6) is 0 Å². The average molecular weight is 268 g/mol. The van der Waals surface area contributed by atoms with E-state index in [1.807, 2.05) is 0 Å². The van der Waals surface area contributed by atoms with Gasteiger partial charge >= 0.3 is 0 Å². The number of fused-ring (bicyclic) bond motifs is 4. The quantitative estimate of drug-likeness (QED) is 0.576. The summed E-state index contributed by atoms with van der Waals surface area (Å²) in [4.78, 5) is 0. The Morgan fingerprint density at radius 1 is 0.700 bits per heavy atom. The Morgan fingerprint density at radius 2 is 1.10 bits per heavy atom. The van der Waals surface area contributed by atoms with Crippen LogP contribution in [-0.4, -0.2) is 0 Å². The van der Waals surface area contributed by atoms with Gasteiger partial charge in [0.25, 0.3) is 0 Å². The Balaban J connectivity index is 0.000000121. The summed E-state index contributed by atoms with van der Waals surface area (Å²) >= 11 is 0. The van der Waals surface area contributed by atoms with E-state index < -0.39 is 0 Å². The smallest absolute Gasteiger partial charge is 0.0140 e. The molecule has 0 amide bonds. The maximum atomic E-state index is 4.02. The molecular weight excluding hydrogens is 240 g/mol. The second kappa shape index (κ2) is 5.39. The maximum absolute atomic E-state index is 4.02. The van der Waals surface area contributed by atoms with E-state index in [9.17, 15) is 0 Å². The fourth-order valence-electron chi connectivity index (χ4n) is 4.69. The molecule has 0 aromatic rings. The molecule has 2 saturated carbocycles. The Hall–Kier alpha value is -1.04. The molecule has 108 valence electrons. The highest BCUT2D eigenvalue weighted by Gasteiger charge is 2.36. The maximum Gasteiger partial charge on any atom is -0.0140 e. The van der Waals surface area contributed by atoms with Crippen LogP contribution in [-0.2, 0) is 0 Å². The Morgan fingerprint density at radius 3 is 1.25 bits per heavy atom. The van der Waals surface area contributed by atoms with E-state index in [2.05, 4.69) is 51.3 Å². The minimum atomic E-state index is 0.815. The summed E-state index contributed by atoms with van der Waals surface area (Å²) < 4.78 is 0. The van der Waals surface area contributed by atoms with Crippen molar-refractivity contribution in [2.75, 3.05) is 0 Å². The first-order chi connectivity index (χ1) is 9.54.